The molecule has 2 aromatic carbocycles. The molecule has 1 N–H and O–H groups in total. The third-order valence-corrected chi connectivity index (χ3v) is 4.39. The lowest BCUT2D eigenvalue weighted by molar-refractivity contribution is -0.385. The van der Waals surface area contributed by atoms with Gasteiger partial charge in [0.25, 0.3) is 5.91 Å². The van der Waals surface area contributed by atoms with E-state index in [1.165, 1.54) is 43.3 Å². The summed E-state index contributed by atoms with van der Waals surface area (Å²) in [6.45, 7) is 0.722. The Morgan fingerprint density at radius 2 is 1.79 bits per heavy atom. The molecule has 1 atom stereocenters. The number of hydrogen-bond donors (Lipinski definition) is 1. The largest absolute Gasteiger partial charge is 0.475 e. The molecule has 0 radical (unpaired) electrons. The van der Waals surface area contributed by atoms with Gasteiger partial charge < -0.3 is 14.8 Å². The highest BCUT2D eigenvalue weighted by Crippen LogP contribution is 2.32. The lowest BCUT2D eigenvalue weighted by atomic mass is 10.3. The topological polar surface area (TPSA) is 108 Å². The standard InChI is InChI=1S/C17H13Cl3N2O6/c1-9(17(24)21-13-7-11(19)10(18)6-12(13)20)28-16(23)8-27-15-5-3-2-4-14(15)22(25)26/h2-7,9H,8H2,1H3,(H,21,24)/t9-/m1/s1. The number of nitrogens with one attached hydrogen (secondary N) is 1. The second kappa shape index (κ2) is 9.59. The van der Waals surface area contributed by atoms with Gasteiger partial charge in [-0.25, -0.2) is 4.79 Å². The van der Waals surface area contributed by atoms with Gasteiger partial charge in [-0.15, -0.1) is 0 Å². The third kappa shape index (κ3) is 5.72. The lowest BCUT2D eigenvalue weighted by Gasteiger charge is -2.15. The van der Waals surface area contributed by atoms with E-state index in [0.29, 0.717) is 0 Å². The first-order valence-corrected chi connectivity index (χ1v) is 8.83. The number of nitrogens with zero attached hydrogens (tertiary/aromatic N) is 1. The molecule has 2 rings (SSSR count). The van der Waals surface area contributed by atoms with Crippen LogP contribution >= 0.6 is 34.8 Å². The minimum atomic E-state index is -1.19. The van der Waals surface area contributed by atoms with E-state index >= 15 is 0 Å². The summed E-state index contributed by atoms with van der Waals surface area (Å²) in [4.78, 5) is 34.3. The summed E-state index contributed by atoms with van der Waals surface area (Å²) >= 11 is 17.7. The molecule has 0 fully saturated rings. The second-order valence-corrected chi connectivity index (χ2v) is 6.60. The van der Waals surface area contributed by atoms with Gasteiger partial charge in [0.15, 0.2) is 18.5 Å². The first kappa shape index (κ1) is 21.7. The summed E-state index contributed by atoms with van der Waals surface area (Å²) in [5.41, 5.74) is -0.101. The van der Waals surface area contributed by atoms with Crippen LogP contribution in [0, 0.1) is 10.1 Å². The van der Waals surface area contributed by atoms with Crippen LogP contribution in [0.5, 0.6) is 5.75 Å². The van der Waals surface area contributed by atoms with Crippen molar-refractivity contribution in [1.29, 1.82) is 0 Å². The maximum atomic E-state index is 12.2. The van der Waals surface area contributed by atoms with Crippen LogP contribution in [0.25, 0.3) is 0 Å². The van der Waals surface area contributed by atoms with Crippen molar-refractivity contribution in [3.63, 3.8) is 0 Å². The number of benzene rings is 2. The van der Waals surface area contributed by atoms with Crippen LogP contribution in [0.1, 0.15) is 6.92 Å². The fourth-order valence-electron chi connectivity index (χ4n) is 2.00. The lowest BCUT2D eigenvalue weighted by Crippen LogP contribution is -2.31. The molecule has 28 heavy (non-hydrogen) atoms. The van der Waals surface area contributed by atoms with Gasteiger partial charge in [-0.05, 0) is 25.1 Å². The molecule has 1 amide bonds. The van der Waals surface area contributed by atoms with Crippen LogP contribution in [0.4, 0.5) is 11.4 Å². The molecular weight excluding hydrogens is 435 g/mol. The maximum Gasteiger partial charge on any atom is 0.344 e. The molecule has 8 nitrogen and oxygen atoms in total. The molecule has 0 aliphatic carbocycles. The van der Waals surface area contributed by atoms with Crippen molar-refractivity contribution in [2.75, 3.05) is 11.9 Å². The van der Waals surface area contributed by atoms with E-state index in [2.05, 4.69) is 5.32 Å². The third-order valence-electron chi connectivity index (χ3n) is 3.35. The van der Waals surface area contributed by atoms with Crippen LogP contribution in [-0.2, 0) is 14.3 Å². The van der Waals surface area contributed by atoms with Gasteiger partial charge in [-0.2, -0.15) is 0 Å². The van der Waals surface area contributed by atoms with Gasteiger partial charge in [0.2, 0.25) is 0 Å². The monoisotopic (exact) mass is 446 g/mol. The van der Waals surface area contributed by atoms with Crippen molar-refractivity contribution in [1.82, 2.24) is 0 Å². The molecule has 0 aliphatic rings. The fraction of sp³-hybridized carbons (Fsp3) is 0.176. The van der Waals surface area contributed by atoms with E-state index in [1.807, 2.05) is 0 Å². The Morgan fingerprint density at radius 1 is 1.14 bits per heavy atom. The molecule has 148 valence electrons. The number of nitro benzene ring substituents is 1. The van der Waals surface area contributed by atoms with E-state index in [1.54, 1.807) is 0 Å². The zero-order chi connectivity index (χ0) is 20.8. The summed E-state index contributed by atoms with van der Waals surface area (Å²) < 4.78 is 10.1. The average molecular weight is 448 g/mol. The number of esters is 1. The zero-order valence-corrected chi connectivity index (χ0v) is 16.5. The molecule has 0 aliphatic heterocycles. The van der Waals surface area contributed by atoms with Crippen molar-refractivity contribution in [2.24, 2.45) is 0 Å². The normalized spacial score (nSPS) is 11.4. The molecule has 0 aromatic heterocycles. The SMILES string of the molecule is C[C@@H](OC(=O)COc1ccccc1[N+](=O)[O-])C(=O)Nc1cc(Cl)c(Cl)cc1Cl. The number of ether oxygens (including phenoxy) is 2. The molecule has 0 bridgehead atoms. The van der Waals surface area contributed by atoms with Crippen LogP contribution in [0.15, 0.2) is 36.4 Å². The number of rotatable bonds is 7. The quantitative estimate of drug-likeness (QED) is 0.290. The van der Waals surface area contributed by atoms with Crippen LogP contribution in [0.2, 0.25) is 15.1 Å². The number of amides is 1. The van der Waals surface area contributed by atoms with E-state index in [9.17, 15) is 19.7 Å². The predicted octanol–water partition coefficient (Wildman–Crippen LogP) is 4.50. The Balaban J connectivity index is 1.93. The van der Waals surface area contributed by atoms with Crippen molar-refractivity contribution < 1.29 is 24.0 Å². The molecule has 2 aromatic rings. The summed E-state index contributed by atoms with van der Waals surface area (Å²) in [6.07, 6.45) is -1.19. The number of halogens is 3. The van der Waals surface area contributed by atoms with E-state index in [4.69, 9.17) is 44.3 Å². The second-order valence-electron chi connectivity index (χ2n) is 5.38. The van der Waals surface area contributed by atoms with Crippen LogP contribution in [0.3, 0.4) is 0 Å². The van der Waals surface area contributed by atoms with E-state index in [-0.39, 0.29) is 32.2 Å². The smallest absolute Gasteiger partial charge is 0.344 e. The molecule has 0 saturated carbocycles. The average Bonchev–Trinajstić information content (AvgIpc) is 2.64. The van der Waals surface area contributed by atoms with Crippen molar-refractivity contribution in [3.8, 4) is 5.75 Å². The van der Waals surface area contributed by atoms with Gasteiger partial charge in [-0.3, -0.25) is 14.9 Å². The number of anilines is 1. The zero-order valence-electron chi connectivity index (χ0n) is 14.3. The number of hydrogen-bond acceptors (Lipinski definition) is 6. The highest BCUT2D eigenvalue weighted by Gasteiger charge is 2.21. The molecule has 0 unspecified atom stereocenters. The van der Waals surface area contributed by atoms with Crippen LogP contribution in [-0.4, -0.2) is 29.5 Å². The molecule has 0 heterocycles. The molecule has 0 spiro atoms. The number of carbonyl (C=O) groups is 2. The minimum absolute atomic E-state index is 0.0934. The fourth-order valence-corrected chi connectivity index (χ4v) is 2.60. The van der Waals surface area contributed by atoms with Crippen molar-refractivity contribution >= 4 is 58.1 Å². The van der Waals surface area contributed by atoms with E-state index < -0.39 is 29.5 Å². The van der Waals surface area contributed by atoms with Crippen molar-refractivity contribution in [2.45, 2.75) is 13.0 Å². The maximum absolute atomic E-state index is 12.2. The summed E-state index contributed by atoms with van der Waals surface area (Å²) in [7, 11) is 0. The highest BCUT2D eigenvalue weighted by molar-refractivity contribution is 6.44. The molecule has 0 saturated heterocycles. The van der Waals surface area contributed by atoms with Gasteiger partial charge in [-0.1, -0.05) is 46.9 Å². The Bertz CT molecular complexity index is 922. The van der Waals surface area contributed by atoms with Crippen molar-refractivity contribution in [3.05, 3.63) is 61.6 Å². The number of carbonyl (C=O) groups excluding carboxylic acids is 2. The minimum Gasteiger partial charge on any atom is -0.475 e. The summed E-state index contributed by atoms with van der Waals surface area (Å²) in [5.74, 6) is -1.65. The highest BCUT2D eigenvalue weighted by atomic mass is 35.5. The van der Waals surface area contributed by atoms with E-state index in [0.717, 1.165) is 0 Å². The number of nitro groups is 1. The van der Waals surface area contributed by atoms with Crippen LogP contribution < -0.4 is 10.1 Å². The van der Waals surface area contributed by atoms with Gasteiger partial charge >= 0.3 is 11.7 Å². The van der Waals surface area contributed by atoms with Gasteiger partial charge in [0.1, 0.15) is 0 Å². The Hall–Kier alpha value is -2.55. The first-order valence-electron chi connectivity index (χ1n) is 7.70. The Kier molecular flexibility index (Phi) is 7.45. The number of para-hydroxylation sites is 2. The molecular formula is C17H13Cl3N2O6. The van der Waals surface area contributed by atoms with Gasteiger partial charge in [0.05, 0.1) is 25.7 Å². The molecule has 11 heteroatoms. The Labute approximate surface area is 174 Å². The van der Waals surface area contributed by atoms with Gasteiger partial charge in [0, 0.05) is 6.07 Å². The first-order chi connectivity index (χ1) is 13.2. The Morgan fingerprint density at radius 3 is 2.46 bits per heavy atom. The predicted molar refractivity (Wildman–Crippen MR) is 104 cm³/mol. The summed E-state index contributed by atoms with van der Waals surface area (Å²) in [6, 6.07) is 8.27. The summed E-state index contributed by atoms with van der Waals surface area (Å²) in [5, 5.41) is 13.9.